The summed E-state index contributed by atoms with van der Waals surface area (Å²) in [7, 11) is 0. The normalized spacial score (nSPS) is 12.3. The van der Waals surface area contributed by atoms with Crippen LogP contribution in [0.15, 0.2) is 39.2 Å². The zero-order valence-corrected chi connectivity index (χ0v) is 12.9. The quantitative estimate of drug-likeness (QED) is 0.868. The molecule has 0 bridgehead atoms. The lowest BCUT2D eigenvalue weighted by Crippen LogP contribution is -2.18. The van der Waals surface area contributed by atoms with Crippen LogP contribution < -0.4 is 5.32 Å². The molecule has 2 rings (SSSR count). The Morgan fingerprint density at radius 3 is 2.80 bits per heavy atom. The minimum atomic E-state index is -1.04. The Kier molecular flexibility index (Phi) is 4.62. The molecule has 0 spiro atoms. The van der Waals surface area contributed by atoms with E-state index in [-0.39, 0.29) is 11.8 Å². The molecule has 1 heterocycles. The highest BCUT2D eigenvalue weighted by Crippen LogP contribution is 2.20. The number of carboxylic acids is 1. The number of nitrogens with one attached hydrogen (secondary N) is 1. The Labute approximate surface area is 125 Å². The number of furan rings is 1. The number of halogens is 1. The third-order valence-electron chi connectivity index (χ3n) is 3.18. The first-order valence-electron chi connectivity index (χ1n) is 6.29. The number of aromatic carboxylic acids is 1. The van der Waals surface area contributed by atoms with E-state index in [1.54, 1.807) is 13.0 Å². The summed E-state index contributed by atoms with van der Waals surface area (Å²) in [5.74, 6) is -0.426. The Morgan fingerprint density at radius 2 is 2.20 bits per heavy atom. The molecule has 0 saturated carbocycles. The highest BCUT2D eigenvalue weighted by molar-refractivity contribution is 9.10. The Balaban J connectivity index is 2.03. The van der Waals surface area contributed by atoms with Crippen LogP contribution in [-0.2, 0) is 6.54 Å². The van der Waals surface area contributed by atoms with Crippen LogP contribution in [0.4, 0.5) is 0 Å². The topological polar surface area (TPSA) is 62.5 Å². The largest absolute Gasteiger partial charge is 0.475 e. The number of hydrogen-bond acceptors (Lipinski definition) is 3. The number of aryl methyl sites for hydroxylation is 1. The summed E-state index contributed by atoms with van der Waals surface area (Å²) in [6.07, 6.45) is 0. The van der Waals surface area contributed by atoms with Crippen LogP contribution in [0.2, 0.25) is 0 Å². The molecule has 0 saturated heterocycles. The summed E-state index contributed by atoms with van der Waals surface area (Å²) in [6.45, 7) is 4.40. The molecule has 0 aliphatic carbocycles. The number of carbonyl (C=O) groups is 1. The van der Waals surface area contributed by atoms with Gasteiger partial charge in [-0.25, -0.2) is 4.79 Å². The second-order valence-electron chi connectivity index (χ2n) is 4.65. The molecule has 4 nitrogen and oxygen atoms in total. The fraction of sp³-hybridized carbons (Fsp3) is 0.267. The van der Waals surface area contributed by atoms with Gasteiger partial charge >= 0.3 is 5.97 Å². The van der Waals surface area contributed by atoms with Crippen LogP contribution in [0.1, 0.15) is 40.4 Å². The fourth-order valence-electron chi connectivity index (χ4n) is 1.96. The summed E-state index contributed by atoms with van der Waals surface area (Å²) in [6, 6.07) is 9.81. The first-order chi connectivity index (χ1) is 9.47. The molecule has 20 heavy (non-hydrogen) atoms. The summed E-state index contributed by atoms with van der Waals surface area (Å²) in [5, 5.41) is 12.3. The van der Waals surface area contributed by atoms with E-state index in [2.05, 4.69) is 34.2 Å². The van der Waals surface area contributed by atoms with Gasteiger partial charge < -0.3 is 14.8 Å². The van der Waals surface area contributed by atoms with Gasteiger partial charge in [-0.15, -0.1) is 0 Å². The van der Waals surface area contributed by atoms with E-state index in [1.165, 1.54) is 5.56 Å². The highest BCUT2D eigenvalue weighted by atomic mass is 79.9. The van der Waals surface area contributed by atoms with Crippen molar-refractivity contribution in [3.63, 3.8) is 0 Å². The molecule has 1 aromatic carbocycles. The van der Waals surface area contributed by atoms with Crippen molar-refractivity contribution in [3.8, 4) is 0 Å². The van der Waals surface area contributed by atoms with E-state index in [4.69, 9.17) is 9.52 Å². The monoisotopic (exact) mass is 337 g/mol. The molecule has 5 heteroatoms. The first-order valence-corrected chi connectivity index (χ1v) is 7.08. The highest BCUT2D eigenvalue weighted by Gasteiger charge is 2.14. The van der Waals surface area contributed by atoms with E-state index in [0.29, 0.717) is 12.3 Å². The smallest absolute Gasteiger partial charge is 0.371 e. The predicted octanol–water partition coefficient (Wildman–Crippen LogP) is 3.90. The van der Waals surface area contributed by atoms with E-state index in [1.807, 2.05) is 18.2 Å². The predicted molar refractivity (Wildman–Crippen MR) is 79.8 cm³/mol. The molecule has 0 unspecified atom stereocenters. The van der Waals surface area contributed by atoms with Gasteiger partial charge in [-0.2, -0.15) is 0 Å². The maximum Gasteiger partial charge on any atom is 0.371 e. The third-order valence-corrected chi connectivity index (χ3v) is 3.67. The van der Waals surface area contributed by atoms with Gasteiger partial charge in [-0.3, -0.25) is 0 Å². The summed E-state index contributed by atoms with van der Waals surface area (Å²) >= 11 is 3.45. The van der Waals surface area contributed by atoms with Gasteiger partial charge in [0, 0.05) is 22.6 Å². The molecule has 0 aliphatic rings. The summed E-state index contributed by atoms with van der Waals surface area (Å²) in [4.78, 5) is 10.8. The van der Waals surface area contributed by atoms with Crippen LogP contribution in [0.25, 0.3) is 0 Å². The average molecular weight is 338 g/mol. The molecular weight excluding hydrogens is 322 g/mol. The Bertz CT molecular complexity index is 621. The SMILES string of the molecule is Cc1oc(C(=O)O)cc1CN[C@@H](C)c1cccc(Br)c1. The second-order valence-corrected chi connectivity index (χ2v) is 5.57. The molecule has 0 fully saturated rings. The minimum Gasteiger partial charge on any atom is -0.475 e. The lowest BCUT2D eigenvalue weighted by molar-refractivity contribution is 0.0661. The van der Waals surface area contributed by atoms with E-state index < -0.39 is 5.97 Å². The first kappa shape index (κ1) is 14.8. The van der Waals surface area contributed by atoms with Crippen molar-refractivity contribution in [2.75, 3.05) is 0 Å². The molecule has 1 atom stereocenters. The van der Waals surface area contributed by atoms with E-state index >= 15 is 0 Å². The molecule has 0 radical (unpaired) electrons. The van der Waals surface area contributed by atoms with Crippen LogP contribution in [0.3, 0.4) is 0 Å². The second kappa shape index (κ2) is 6.24. The van der Waals surface area contributed by atoms with Gasteiger partial charge in [-0.05, 0) is 37.6 Å². The standard InChI is InChI=1S/C15H16BrNO3/c1-9(11-4-3-5-13(16)6-11)17-8-12-7-14(15(18)19)20-10(12)2/h3-7,9,17H,8H2,1-2H3,(H,18,19)/t9-/m0/s1. The lowest BCUT2D eigenvalue weighted by Gasteiger charge is -2.14. The van der Waals surface area contributed by atoms with Crippen LogP contribution >= 0.6 is 15.9 Å². The number of hydrogen-bond donors (Lipinski definition) is 2. The number of carboxylic acid groups (broad SMARTS) is 1. The zero-order chi connectivity index (χ0) is 14.7. The fourth-order valence-corrected chi connectivity index (χ4v) is 2.37. The molecule has 0 aliphatic heterocycles. The third kappa shape index (κ3) is 3.49. The number of benzene rings is 1. The summed E-state index contributed by atoms with van der Waals surface area (Å²) < 4.78 is 6.22. The van der Waals surface area contributed by atoms with Crippen molar-refractivity contribution >= 4 is 21.9 Å². The Hall–Kier alpha value is -1.59. The zero-order valence-electron chi connectivity index (χ0n) is 11.3. The van der Waals surface area contributed by atoms with E-state index in [9.17, 15) is 4.79 Å². The van der Waals surface area contributed by atoms with Crippen molar-refractivity contribution in [1.82, 2.24) is 5.32 Å². The van der Waals surface area contributed by atoms with Gasteiger partial charge in [0.15, 0.2) is 0 Å². The molecule has 0 amide bonds. The van der Waals surface area contributed by atoms with E-state index in [0.717, 1.165) is 10.0 Å². The molecule has 106 valence electrons. The van der Waals surface area contributed by atoms with Crippen molar-refractivity contribution < 1.29 is 14.3 Å². The molecule has 2 aromatic rings. The van der Waals surface area contributed by atoms with Crippen LogP contribution in [0, 0.1) is 6.92 Å². The van der Waals surface area contributed by atoms with Gasteiger partial charge in [0.1, 0.15) is 5.76 Å². The van der Waals surface area contributed by atoms with Crippen LogP contribution in [-0.4, -0.2) is 11.1 Å². The Morgan fingerprint density at radius 1 is 1.45 bits per heavy atom. The molecular formula is C15H16BrNO3. The van der Waals surface area contributed by atoms with Gasteiger partial charge in [0.2, 0.25) is 5.76 Å². The van der Waals surface area contributed by atoms with Crippen molar-refractivity contribution in [2.24, 2.45) is 0 Å². The molecule has 1 aromatic heterocycles. The maximum atomic E-state index is 10.8. The van der Waals surface area contributed by atoms with Crippen molar-refractivity contribution in [3.05, 3.63) is 57.5 Å². The summed E-state index contributed by atoms with van der Waals surface area (Å²) in [5.41, 5.74) is 2.03. The average Bonchev–Trinajstić information content (AvgIpc) is 2.77. The van der Waals surface area contributed by atoms with Gasteiger partial charge in [-0.1, -0.05) is 28.1 Å². The maximum absolute atomic E-state index is 10.8. The van der Waals surface area contributed by atoms with Crippen molar-refractivity contribution in [2.45, 2.75) is 26.4 Å². The number of rotatable bonds is 5. The lowest BCUT2D eigenvalue weighted by atomic mass is 10.1. The van der Waals surface area contributed by atoms with Crippen LogP contribution in [0.5, 0.6) is 0 Å². The minimum absolute atomic E-state index is 0.0191. The van der Waals surface area contributed by atoms with Gasteiger partial charge in [0.05, 0.1) is 0 Å². The van der Waals surface area contributed by atoms with Crippen molar-refractivity contribution in [1.29, 1.82) is 0 Å². The van der Waals surface area contributed by atoms with Gasteiger partial charge in [0.25, 0.3) is 0 Å². The molecule has 2 N–H and O–H groups in total.